The van der Waals surface area contributed by atoms with Crippen molar-refractivity contribution in [3.63, 3.8) is 0 Å². The first-order valence-corrected chi connectivity index (χ1v) is 7.06. The van der Waals surface area contributed by atoms with Crippen LogP contribution in [0.5, 0.6) is 5.75 Å². The third kappa shape index (κ3) is 4.51. The van der Waals surface area contributed by atoms with Crippen LogP contribution >= 0.6 is 0 Å². The Labute approximate surface area is 119 Å². The molecule has 1 aliphatic rings. The van der Waals surface area contributed by atoms with Crippen molar-refractivity contribution in [1.82, 2.24) is 10.6 Å². The van der Waals surface area contributed by atoms with Gasteiger partial charge < -0.3 is 20.5 Å². The van der Waals surface area contributed by atoms with E-state index in [9.17, 15) is 9.90 Å². The quantitative estimate of drug-likeness (QED) is 0.746. The summed E-state index contributed by atoms with van der Waals surface area (Å²) in [5.41, 5.74) is 1.15. The van der Waals surface area contributed by atoms with Crippen LogP contribution in [-0.2, 0) is 16.0 Å². The minimum Gasteiger partial charge on any atom is -0.508 e. The van der Waals surface area contributed by atoms with E-state index in [1.54, 1.807) is 12.1 Å². The monoisotopic (exact) mass is 278 g/mol. The smallest absolute Gasteiger partial charge is 0.250 e. The molecule has 1 aromatic carbocycles. The second-order valence-corrected chi connectivity index (χ2v) is 5.18. The Hall–Kier alpha value is -1.59. The van der Waals surface area contributed by atoms with Crippen LogP contribution in [-0.4, -0.2) is 42.9 Å². The molecule has 1 aliphatic heterocycles. The first-order valence-electron chi connectivity index (χ1n) is 7.06. The number of amides is 1. The lowest BCUT2D eigenvalue weighted by Gasteiger charge is -2.24. The molecule has 0 aliphatic carbocycles. The molecule has 1 aromatic rings. The van der Waals surface area contributed by atoms with Gasteiger partial charge in [-0.3, -0.25) is 4.79 Å². The van der Waals surface area contributed by atoms with E-state index in [0.29, 0.717) is 13.2 Å². The molecule has 3 N–H and O–H groups in total. The highest BCUT2D eigenvalue weighted by molar-refractivity contribution is 5.81. The normalized spacial score (nSPS) is 20.4. The van der Waals surface area contributed by atoms with E-state index in [1.165, 1.54) is 0 Å². The van der Waals surface area contributed by atoms with Crippen LogP contribution in [0.4, 0.5) is 0 Å². The number of phenolic OH excluding ortho intramolecular Hbond substituents is 1. The van der Waals surface area contributed by atoms with E-state index in [1.807, 2.05) is 19.1 Å². The van der Waals surface area contributed by atoms with E-state index in [0.717, 1.165) is 24.9 Å². The summed E-state index contributed by atoms with van der Waals surface area (Å²) in [7, 11) is 0. The molecule has 5 nitrogen and oxygen atoms in total. The number of hydrogen-bond acceptors (Lipinski definition) is 4. The van der Waals surface area contributed by atoms with Gasteiger partial charge in [0.25, 0.3) is 5.91 Å². The third-order valence-electron chi connectivity index (χ3n) is 3.41. The van der Waals surface area contributed by atoms with E-state index in [2.05, 4.69) is 10.6 Å². The lowest BCUT2D eigenvalue weighted by Crippen LogP contribution is -2.49. The summed E-state index contributed by atoms with van der Waals surface area (Å²) < 4.78 is 5.41. The Morgan fingerprint density at radius 3 is 2.90 bits per heavy atom. The summed E-state index contributed by atoms with van der Waals surface area (Å²) in [6, 6.07) is 7.26. The number of hydrogen-bond donors (Lipinski definition) is 3. The molecule has 1 heterocycles. The minimum absolute atomic E-state index is 0.0459. The number of nitrogens with one attached hydrogen (secondary N) is 2. The molecule has 0 aromatic heterocycles. The Morgan fingerprint density at radius 1 is 1.50 bits per heavy atom. The average Bonchev–Trinajstić information content (AvgIpc) is 2.47. The number of benzene rings is 1. The molecule has 0 bridgehead atoms. The number of ether oxygens (including phenoxy) is 1. The largest absolute Gasteiger partial charge is 0.508 e. The molecular weight excluding hydrogens is 256 g/mol. The third-order valence-corrected chi connectivity index (χ3v) is 3.41. The molecule has 2 atom stereocenters. The van der Waals surface area contributed by atoms with Crippen molar-refractivity contribution in [1.29, 1.82) is 0 Å². The van der Waals surface area contributed by atoms with Crippen LogP contribution in [0, 0.1) is 0 Å². The summed E-state index contributed by atoms with van der Waals surface area (Å²) in [5, 5.41) is 15.3. The van der Waals surface area contributed by atoms with E-state index in [-0.39, 0.29) is 23.8 Å². The zero-order valence-corrected chi connectivity index (χ0v) is 11.8. The van der Waals surface area contributed by atoms with Gasteiger partial charge in [-0.2, -0.15) is 0 Å². The number of carbonyl (C=O) groups is 1. The fourth-order valence-corrected chi connectivity index (χ4v) is 2.19. The molecule has 110 valence electrons. The van der Waals surface area contributed by atoms with Crippen molar-refractivity contribution < 1.29 is 14.6 Å². The van der Waals surface area contributed by atoms with Gasteiger partial charge in [0.1, 0.15) is 11.9 Å². The molecule has 2 unspecified atom stereocenters. The molecule has 0 spiro atoms. The second kappa shape index (κ2) is 7.26. The second-order valence-electron chi connectivity index (χ2n) is 5.18. The summed E-state index contributed by atoms with van der Waals surface area (Å²) in [6.45, 7) is 3.96. The van der Waals surface area contributed by atoms with Gasteiger partial charge in [-0.25, -0.2) is 0 Å². The Kier molecular flexibility index (Phi) is 5.38. The number of rotatable bonds is 5. The molecule has 20 heavy (non-hydrogen) atoms. The molecule has 1 amide bonds. The molecule has 5 heteroatoms. The van der Waals surface area contributed by atoms with Crippen LogP contribution in [0.25, 0.3) is 0 Å². The number of carbonyl (C=O) groups excluding carboxylic acids is 1. The molecule has 1 saturated heterocycles. The van der Waals surface area contributed by atoms with Gasteiger partial charge in [-0.15, -0.1) is 0 Å². The van der Waals surface area contributed by atoms with Gasteiger partial charge in [-0.1, -0.05) is 12.1 Å². The fourth-order valence-electron chi connectivity index (χ4n) is 2.19. The number of aryl methyl sites for hydroxylation is 1. The van der Waals surface area contributed by atoms with E-state index >= 15 is 0 Å². The predicted octanol–water partition coefficient (Wildman–Crippen LogP) is 0.818. The Balaban J connectivity index is 1.73. The number of aromatic hydroxyl groups is 1. The summed E-state index contributed by atoms with van der Waals surface area (Å²) >= 11 is 0. The standard InChI is InChI=1S/C15H22N2O3/c1-11(2-3-12-4-6-13(18)7-5-12)17-15(19)14-10-16-8-9-20-14/h4-7,11,14,16,18H,2-3,8-10H2,1H3,(H,17,19). The van der Waals surface area contributed by atoms with Crippen molar-refractivity contribution in [2.75, 3.05) is 19.7 Å². The van der Waals surface area contributed by atoms with Gasteiger partial charge in [0.15, 0.2) is 0 Å². The lowest BCUT2D eigenvalue weighted by molar-refractivity contribution is -0.134. The van der Waals surface area contributed by atoms with Crippen LogP contribution in [0.1, 0.15) is 18.9 Å². The van der Waals surface area contributed by atoms with Crippen LogP contribution in [0.15, 0.2) is 24.3 Å². The molecule has 1 fully saturated rings. The lowest BCUT2D eigenvalue weighted by atomic mass is 10.1. The highest BCUT2D eigenvalue weighted by atomic mass is 16.5. The maximum absolute atomic E-state index is 12.0. The first kappa shape index (κ1) is 14.8. The predicted molar refractivity (Wildman–Crippen MR) is 76.6 cm³/mol. The zero-order valence-electron chi connectivity index (χ0n) is 11.8. The van der Waals surface area contributed by atoms with Gasteiger partial charge >= 0.3 is 0 Å². The summed E-state index contributed by atoms with van der Waals surface area (Å²) in [5.74, 6) is 0.229. The summed E-state index contributed by atoms with van der Waals surface area (Å²) in [6.07, 6.45) is 1.35. The highest BCUT2D eigenvalue weighted by Crippen LogP contribution is 2.12. The van der Waals surface area contributed by atoms with Crippen molar-refractivity contribution in [2.24, 2.45) is 0 Å². The van der Waals surface area contributed by atoms with E-state index < -0.39 is 0 Å². The number of phenols is 1. The number of morpholine rings is 1. The fraction of sp³-hybridized carbons (Fsp3) is 0.533. The van der Waals surface area contributed by atoms with Gasteiger partial charge in [-0.05, 0) is 37.5 Å². The van der Waals surface area contributed by atoms with Crippen LogP contribution in [0.3, 0.4) is 0 Å². The molecule has 2 rings (SSSR count). The van der Waals surface area contributed by atoms with Gasteiger partial charge in [0.05, 0.1) is 6.61 Å². The van der Waals surface area contributed by atoms with Gasteiger partial charge in [0.2, 0.25) is 0 Å². The zero-order chi connectivity index (χ0) is 14.4. The van der Waals surface area contributed by atoms with Gasteiger partial charge in [0, 0.05) is 19.1 Å². The maximum Gasteiger partial charge on any atom is 0.250 e. The Bertz CT molecular complexity index is 427. The average molecular weight is 278 g/mol. The topological polar surface area (TPSA) is 70.6 Å². The summed E-state index contributed by atoms with van der Waals surface area (Å²) in [4.78, 5) is 12.0. The first-order chi connectivity index (χ1) is 9.65. The van der Waals surface area contributed by atoms with Crippen molar-refractivity contribution in [3.8, 4) is 5.75 Å². The maximum atomic E-state index is 12.0. The minimum atomic E-state index is -0.375. The van der Waals surface area contributed by atoms with Crippen LogP contribution < -0.4 is 10.6 Å². The highest BCUT2D eigenvalue weighted by Gasteiger charge is 2.22. The van der Waals surface area contributed by atoms with Crippen LogP contribution in [0.2, 0.25) is 0 Å². The van der Waals surface area contributed by atoms with Crippen molar-refractivity contribution >= 4 is 5.91 Å². The molecular formula is C15H22N2O3. The molecule has 0 radical (unpaired) electrons. The van der Waals surface area contributed by atoms with Crippen molar-refractivity contribution in [2.45, 2.75) is 31.9 Å². The SMILES string of the molecule is CC(CCc1ccc(O)cc1)NC(=O)C1CNCCO1. The van der Waals surface area contributed by atoms with Crippen molar-refractivity contribution in [3.05, 3.63) is 29.8 Å². The molecule has 0 saturated carbocycles. The Morgan fingerprint density at radius 2 is 2.25 bits per heavy atom. The van der Waals surface area contributed by atoms with E-state index in [4.69, 9.17) is 4.74 Å².